The zero-order valence-electron chi connectivity index (χ0n) is 14.3. The molecule has 0 heterocycles. The molecule has 0 saturated heterocycles. The maximum absolute atomic E-state index is 12.1. The third kappa shape index (κ3) is 5.84. The molecule has 1 aliphatic carbocycles. The lowest BCUT2D eigenvalue weighted by molar-refractivity contribution is -0.140. The molecule has 0 aromatic heterocycles. The Labute approximate surface area is 143 Å². The van der Waals surface area contributed by atoms with Gasteiger partial charge in [0.15, 0.2) is 0 Å². The monoisotopic (exact) mass is 330 g/mol. The van der Waals surface area contributed by atoms with E-state index < -0.39 is 0 Å². The van der Waals surface area contributed by atoms with Crippen LogP contribution in [0.2, 0.25) is 0 Å². The molecular weight excluding hydrogens is 304 g/mol. The molecule has 4 nitrogen and oxygen atoms in total. The fraction of sp³-hybridized carbons (Fsp3) is 0.500. The van der Waals surface area contributed by atoms with Gasteiger partial charge in [-0.15, -0.1) is 0 Å². The topological polar surface area (TPSA) is 52.6 Å². The van der Waals surface area contributed by atoms with E-state index in [1.165, 1.54) is 7.11 Å². The Morgan fingerprint density at radius 3 is 2.79 bits per heavy atom. The molecule has 1 aromatic rings. The van der Waals surface area contributed by atoms with Crippen LogP contribution in [0.5, 0.6) is 5.75 Å². The van der Waals surface area contributed by atoms with Gasteiger partial charge in [0.1, 0.15) is 11.5 Å². The maximum atomic E-state index is 12.1. The number of hydrogen-bond acceptors (Lipinski definition) is 4. The summed E-state index contributed by atoms with van der Waals surface area (Å²) in [5.41, 5.74) is 0. The second kappa shape index (κ2) is 9.91. The van der Waals surface area contributed by atoms with Gasteiger partial charge < -0.3 is 9.47 Å². The number of Topliss-reactive ketones (excluding diaryl/α,β-unsaturated/α-hetero) is 1. The standard InChI is InChI=1S/C20H26O4/c1-23-20(22)12-8-3-2-7-11-18-16(13-14-19(18)21)15-24-17-9-5-4-6-10-17/h2,4-7,9-10,16,18H,3,8,11-15H2,1H3/b7-2-/t16-,18-/m1/s1. The number of ether oxygens (including phenoxy) is 2. The first kappa shape index (κ1) is 18.2. The molecular formula is C20H26O4. The van der Waals surface area contributed by atoms with Crippen LogP contribution in [0.4, 0.5) is 0 Å². The largest absolute Gasteiger partial charge is 0.493 e. The van der Waals surface area contributed by atoms with Gasteiger partial charge in [-0.2, -0.15) is 0 Å². The molecule has 0 unspecified atom stereocenters. The van der Waals surface area contributed by atoms with E-state index >= 15 is 0 Å². The quantitative estimate of drug-likeness (QED) is 0.391. The second-order valence-corrected chi connectivity index (χ2v) is 6.17. The highest BCUT2D eigenvalue weighted by Gasteiger charge is 2.33. The average Bonchev–Trinajstić information content (AvgIpc) is 2.96. The predicted octanol–water partition coefficient (Wildman–Crippen LogP) is 3.95. The van der Waals surface area contributed by atoms with E-state index in [4.69, 9.17) is 4.74 Å². The van der Waals surface area contributed by atoms with Crippen LogP contribution in [0, 0.1) is 11.8 Å². The number of carbonyl (C=O) groups excluding carboxylic acids is 2. The molecule has 0 aliphatic heterocycles. The predicted molar refractivity (Wildman–Crippen MR) is 92.8 cm³/mol. The van der Waals surface area contributed by atoms with Gasteiger partial charge in [-0.1, -0.05) is 30.4 Å². The van der Waals surface area contributed by atoms with Crippen LogP contribution >= 0.6 is 0 Å². The SMILES string of the molecule is COC(=O)CCC/C=C\C[C@H]1C(=O)CC[C@@H]1COc1ccccc1. The molecule has 1 saturated carbocycles. The molecule has 0 bridgehead atoms. The first-order valence-corrected chi connectivity index (χ1v) is 8.63. The van der Waals surface area contributed by atoms with Crippen molar-refractivity contribution in [2.24, 2.45) is 11.8 Å². The molecule has 4 heteroatoms. The van der Waals surface area contributed by atoms with Gasteiger partial charge in [0.25, 0.3) is 0 Å². The Morgan fingerprint density at radius 1 is 1.25 bits per heavy atom. The third-order valence-electron chi connectivity index (χ3n) is 4.49. The minimum atomic E-state index is -0.174. The molecule has 1 fully saturated rings. The normalized spacial score (nSPS) is 20.5. The first-order chi connectivity index (χ1) is 11.7. The molecule has 2 atom stereocenters. The molecule has 24 heavy (non-hydrogen) atoms. The zero-order valence-corrected chi connectivity index (χ0v) is 14.3. The Balaban J connectivity index is 1.73. The molecule has 130 valence electrons. The Bertz CT molecular complexity index is 550. The number of rotatable bonds is 9. The summed E-state index contributed by atoms with van der Waals surface area (Å²) in [5.74, 6) is 1.38. The van der Waals surface area contributed by atoms with Crippen LogP contribution < -0.4 is 4.74 Å². The van der Waals surface area contributed by atoms with Crippen molar-refractivity contribution in [1.29, 1.82) is 0 Å². The van der Waals surface area contributed by atoms with Crippen molar-refractivity contribution >= 4 is 11.8 Å². The van der Waals surface area contributed by atoms with Gasteiger partial charge in [-0.3, -0.25) is 9.59 Å². The lowest BCUT2D eigenvalue weighted by Gasteiger charge is -2.17. The van der Waals surface area contributed by atoms with Crippen LogP contribution in [0.15, 0.2) is 42.5 Å². The summed E-state index contributed by atoms with van der Waals surface area (Å²) in [6.45, 7) is 0.594. The van der Waals surface area contributed by atoms with E-state index in [0.29, 0.717) is 25.2 Å². The number of hydrogen-bond donors (Lipinski definition) is 0. The van der Waals surface area contributed by atoms with Gasteiger partial charge in [0.2, 0.25) is 0 Å². The fourth-order valence-electron chi connectivity index (χ4n) is 3.05. The Hall–Kier alpha value is -2.10. The van der Waals surface area contributed by atoms with Crippen LogP contribution in [0.25, 0.3) is 0 Å². The summed E-state index contributed by atoms with van der Waals surface area (Å²) in [7, 11) is 1.40. The Kier molecular flexibility index (Phi) is 7.53. The molecule has 1 aliphatic rings. The van der Waals surface area contributed by atoms with Gasteiger partial charge in [-0.25, -0.2) is 0 Å². The van der Waals surface area contributed by atoms with Gasteiger partial charge in [0.05, 0.1) is 13.7 Å². The smallest absolute Gasteiger partial charge is 0.305 e. The summed E-state index contributed by atoms with van der Waals surface area (Å²) in [6.07, 6.45) is 8.51. The van der Waals surface area contributed by atoms with E-state index in [1.807, 2.05) is 30.3 Å². The van der Waals surface area contributed by atoms with E-state index in [9.17, 15) is 9.59 Å². The molecule has 0 radical (unpaired) electrons. The lowest BCUT2D eigenvalue weighted by Crippen LogP contribution is -2.20. The van der Waals surface area contributed by atoms with Crippen molar-refractivity contribution in [2.45, 2.75) is 38.5 Å². The number of ketones is 1. The number of unbranched alkanes of at least 4 members (excludes halogenated alkanes) is 1. The Morgan fingerprint density at radius 2 is 2.04 bits per heavy atom. The minimum Gasteiger partial charge on any atom is -0.493 e. The molecule has 0 spiro atoms. The van der Waals surface area contributed by atoms with Crippen LogP contribution in [-0.4, -0.2) is 25.5 Å². The van der Waals surface area contributed by atoms with E-state index in [2.05, 4.69) is 16.9 Å². The molecule has 0 amide bonds. The minimum absolute atomic E-state index is 0.0607. The van der Waals surface area contributed by atoms with Crippen LogP contribution in [0.3, 0.4) is 0 Å². The average molecular weight is 330 g/mol. The van der Waals surface area contributed by atoms with Gasteiger partial charge in [-0.05, 0) is 37.8 Å². The number of allylic oxidation sites excluding steroid dienone is 2. The highest BCUT2D eigenvalue weighted by atomic mass is 16.5. The van der Waals surface area contributed by atoms with Crippen molar-refractivity contribution in [2.75, 3.05) is 13.7 Å². The molecule has 0 N–H and O–H groups in total. The summed E-state index contributed by atoms with van der Waals surface area (Å²) in [6, 6.07) is 9.73. The van der Waals surface area contributed by atoms with Gasteiger partial charge in [0, 0.05) is 24.7 Å². The van der Waals surface area contributed by atoms with Crippen molar-refractivity contribution < 1.29 is 19.1 Å². The number of para-hydroxylation sites is 1. The number of esters is 1. The zero-order chi connectivity index (χ0) is 17.2. The number of carbonyl (C=O) groups is 2. The van der Waals surface area contributed by atoms with E-state index in [-0.39, 0.29) is 17.8 Å². The van der Waals surface area contributed by atoms with Gasteiger partial charge >= 0.3 is 5.97 Å². The summed E-state index contributed by atoms with van der Waals surface area (Å²) in [4.78, 5) is 23.1. The van der Waals surface area contributed by atoms with Crippen molar-refractivity contribution in [3.63, 3.8) is 0 Å². The van der Waals surface area contributed by atoms with E-state index in [1.54, 1.807) is 0 Å². The van der Waals surface area contributed by atoms with Crippen molar-refractivity contribution in [3.8, 4) is 5.75 Å². The number of benzene rings is 1. The van der Waals surface area contributed by atoms with Crippen molar-refractivity contribution in [1.82, 2.24) is 0 Å². The molecule has 1 aromatic carbocycles. The van der Waals surface area contributed by atoms with Crippen molar-refractivity contribution in [3.05, 3.63) is 42.5 Å². The highest BCUT2D eigenvalue weighted by molar-refractivity contribution is 5.83. The van der Waals surface area contributed by atoms with E-state index in [0.717, 1.165) is 31.4 Å². The van der Waals surface area contributed by atoms with Crippen LogP contribution in [0.1, 0.15) is 38.5 Å². The van der Waals surface area contributed by atoms with Crippen LogP contribution in [-0.2, 0) is 14.3 Å². The third-order valence-corrected chi connectivity index (χ3v) is 4.49. The maximum Gasteiger partial charge on any atom is 0.305 e. The summed E-state index contributed by atoms with van der Waals surface area (Å²) >= 11 is 0. The lowest BCUT2D eigenvalue weighted by atomic mass is 9.92. The fourth-order valence-corrected chi connectivity index (χ4v) is 3.05. The molecule has 2 rings (SSSR count). The second-order valence-electron chi connectivity index (χ2n) is 6.17. The number of methoxy groups -OCH3 is 1. The summed E-state index contributed by atoms with van der Waals surface area (Å²) < 4.78 is 10.4. The summed E-state index contributed by atoms with van der Waals surface area (Å²) in [5, 5.41) is 0. The first-order valence-electron chi connectivity index (χ1n) is 8.63. The highest BCUT2D eigenvalue weighted by Crippen LogP contribution is 2.32.